The van der Waals surface area contributed by atoms with Crippen LogP contribution >= 0.6 is 22.9 Å². The molecule has 0 fully saturated rings. The number of anilines is 1. The highest BCUT2D eigenvalue weighted by Crippen LogP contribution is 2.36. The van der Waals surface area contributed by atoms with Gasteiger partial charge in [0.15, 0.2) is 0 Å². The summed E-state index contributed by atoms with van der Waals surface area (Å²) in [6, 6.07) is 14.3. The number of rotatable bonds is 2. The van der Waals surface area contributed by atoms with Crippen molar-refractivity contribution in [1.29, 1.82) is 0 Å². The van der Waals surface area contributed by atoms with E-state index in [-0.39, 0.29) is 5.02 Å². The first kappa shape index (κ1) is 13.1. The molecular formula is C15H10ClFN2S. The molecule has 20 heavy (non-hydrogen) atoms. The second-order valence-electron chi connectivity index (χ2n) is 4.23. The monoisotopic (exact) mass is 304 g/mol. The third kappa shape index (κ3) is 2.40. The summed E-state index contributed by atoms with van der Waals surface area (Å²) < 4.78 is 13.5. The Hall–Kier alpha value is -1.91. The normalized spacial score (nSPS) is 10.7. The van der Waals surface area contributed by atoms with Crippen molar-refractivity contribution < 1.29 is 4.39 Å². The van der Waals surface area contributed by atoms with Gasteiger partial charge in [-0.1, -0.05) is 59.3 Å². The van der Waals surface area contributed by atoms with Crippen molar-refractivity contribution in [2.75, 3.05) is 5.73 Å². The molecular weight excluding hydrogens is 295 g/mol. The molecule has 0 atom stereocenters. The topological polar surface area (TPSA) is 38.9 Å². The van der Waals surface area contributed by atoms with Crippen LogP contribution in [0.3, 0.4) is 0 Å². The van der Waals surface area contributed by atoms with Crippen molar-refractivity contribution in [3.05, 3.63) is 59.4 Å². The van der Waals surface area contributed by atoms with Crippen LogP contribution in [0.4, 0.5) is 9.39 Å². The third-order valence-corrected chi connectivity index (χ3v) is 4.11. The maximum atomic E-state index is 13.5. The minimum Gasteiger partial charge on any atom is -0.389 e. The Morgan fingerprint density at radius 3 is 2.50 bits per heavy atom. The lowest BCUT2D eigenvalue weighted by atomic mass is 10.1. The van der Waals surface area contributed by atoms with Crippen LogP contribution in [0.1, 0.15) is 0 Å². The quantitative estimate of drug-likeness (QED) is 0.735. The summed E-state index contributed by atoms with van der Waals surface area (Å²) in [5.41, 5.74) is 8.21. The van der Waals surface area contributed by atoms with E-state index in [1.807, 2.05) is 30.3 Å². The van der Waals surface area contributed by atoms with Gasteiger partial charge < -0.3 is 5.73 Å². The van der Waals surface area contributed by atoms with E-state index in [0.29, 0.717) is 16.3 Å². The van der Waals surface area contributed by atoms with Crippen LogP contribution in [-0.2, 0) is 0 Å². The van der Waals surface area contributed by atoms with Gasteiger partial charge in [-0.3, -0.25) is 0 Å². The summed E-state index contributed by atoms with van der Waals surface area (Å²) in [6.45, 7) is 0. The lowest BCUT2D eigenvalue weighted by Crippen LogP contribution is -1.87. The van der Waals surface area contributed by atoms with Crippen molar-refractivity contribution in [1.82, 2.24) is 4.98 Å². The Balaban J connectivity index is 2.07. The van der Waals surface area contributed by atoms with Gasteiger partial charge in [0.25, 0.3) is 0 Å². The summed E-state index contributed by atoms with van der Waals surface area (Å²) in [4.78, 5) is 4.50. The van der Waals surface area contributed by atoms with Gasteiger partial charge in [-0.2, -0.15) is 0 Å². The van der Waals surface area contributed by atoms with Gasteiger partial charge in [-0.25, -0.2) is 9.37 Å². The van der Waals surface area contributed by atoms with Gasteiger partial charge in [0.05, 0.1) is 5.02 Å². The van der Waals surface area contributed by atoms with E-state index in [1.54, 1.807) is 6.07 Å². The molecule has 2 aromatic carbocycles. The molecule has 5 heteroatoms. The molecule has 0 saturated carbocycles. The highest BCUT2D eigenvalue weighted by Gasteiger charge is 2.13. The maximum Gasteiger partial charge on any atom is 0.142 e. The molecule has 0 aliphatic rings. The zero-order valence-corrected chi connectivity index (χ0v) is 11.9. The van der Waals surface area contributed by atoms with E-state index < -0.39 is 5.82 Å². The van der Waals surface area contributed by atoms with Crippen LogP contribution in [0.15, 0.2) is 48.5 Å². The zero-order chi connectivity index (χ0) is 14.1. The highest BCUT2D eigenvalue weighted by atomic mass is 35.5. The third-order valence-electron chi connectivity index (χ3n) is 2.87. The SMILES string of the molecule is Nc1sc(-c2ccccc2)nc1-c1ccc(Cl)c(F)c1. The molecule has 0 unspecified atom stereocenters. The molecule has 1 heterocycles. The number of aromatic nitrogens is 1. The molecule has 1 aromatic heterocycles. The number of nitrogens with two attached hydrogens (primary N) is 1. The van der Waals surface area contributed by atoms with Crippen molar-refractivity contribution in [2.24, 2.45) is 0 Å². The first-order valence-electron chi connectivity index (χ1n) is 5.92. The number of nitrogens with zero attached hydrogens (tertiary/aromatic N) is 1. The van der Waals surface area contributed by atoms with Crippen molar-refractivity contribution in [3.8, 4) is 21.8 Å². The van der Waals surface area contributed by atoms with Gasteiger partial charge in [-0.15, -0.1) is 0 Å². The minimum absolute atomic E-state index is 0.0887. The van der Waals surface area contributed by atoms with E-state index in [2.05, 4.69) is 4.98 Å². The lowest BCUT2D eigenvalue weighted by Gasteiger charge is -2.00. The van der Waals surface area contributed by atoms with E-state index in [0.717, 1.165) is 10.6 Å². The van der Waals surface area contributed by atoms with Gasteiger partial charge in [0, 0.05) is 11.1 Å². The fraction of sp³-hybridized carbons (Fsp3) is 0. The summed E-state index contributed by atoms with van der Waals surface area (Å²) in [7, 11) is 0. The first-order valence-corrected chi connectivity index (χ1v) is 7.12. The maximum absolute atomic E-state index is 13.5. The molecule has 0 amide bonds. The van der Waals surface area contributed by atoms with Crippen LogP contribution in [0, 0.1) is 5.82 Å². The molecule has 3 rings (SSSR count). The largest absolute Gasteiger partial charge is 0.389 e. The van der Waals surface area contributed by atoms with Crippen LogP contribution in [0.2, 0.25) is 5.02 Å². The zero-order valence-electron chi connectivity index (χ0n) is 10.3. The molecule has 2 N–H and O–H groups in total. The summed E-state index contributed by atoms with van der Waals surface area (Å²) >= 11 is 7.07. The number of benzene rings is 2. The molecule has 0 saturated heterocycles. The standard InChI is InChI=1S/C15H10ClFN2S/c16-11-7-6-10(8-12(11)17)13-14(18)20-15(19-13)9-4-2-1-3-5-9/h1-8H,18H2. The van der Waals surface area contributed by atoms with E-state index in [1.165, 1.54) is 23.5 Å². The predicted octanol–water partition coefficient (Wildman–Crippen LogP) is 4.85. The first-order chi connectivity index (χ1) is 9.65. The molecule has 0 aliphatic carbocycles. The predicted molar refractivity (Wildman–Crippen MR) is 82.4 cm³/mol. The molecule has 2 nitrogen and oxygen atoms in total. The minimum atomic E-state index is -0.474. The summed E-state index contributed by atoms with van der Waals surface area (Å²) in [5.74, 6) is -0.474. The molecule has 100 valence electrons. The lowest BCUT2D eigenvalue weighted by molar-refractivity contribution is 0.629. The number of hydrogen-bond donors (Lipinski definition) is 1. The summed E-state index contributed by atoms with van der Waals surface area (Å²) in [6.07, 6.45) is 0. The average Bonchev–Trinajstić information content (AvgIpc) is 2.85. The Morgan fingerprint density at radius 1 is 1.05 bits per heavy atom. The van der Waals surface area contributed by atoms with Crippen LogP contribution in [0.25, 0.3) is 21.8 Å². The van der Waals surface area contributed by atoms with Crippen LogP contribution in [0.5, 0.6) is 0 Å². The molecule has 0 spiro atoms. The van der Waals surface area contributed by atoms with E-state index in [9.17, 15) is 4.39 Å². The smallest absolute Gasteiger partial charge is 0.142 e. The van der Waals surface area contributed by atoms with Crippen LogP contribution < -0.4 is 5.73 Å². The molecule has 0 radical (unpaired) electrons. The second-order valence-corrected chi connectivity index (χ2v) is 5.66. The van der Waals surface area contributed by atoms with Crippen LogP contribution in [-0.4, -0.2) is 4.98 Å². The van der Waals surface area contributed by atoms with Crippen molar-refractivity contribution in [3.63, 3.8) is 0 Å². The van der Waals surface area contributed by atoms with Gasteiger partial charge >= 0.3 is 0 Å². The fourth-order valence-electron chi connectivity index (χ4n) is 1.89. The number of halogens is 2. The Labute approximate surface area is 124 Å². The van der Waals surface area contributed by atoms with Gasteiger partial charge in [0.1, 0.15) is 21.5 Å². The second kappa shape index (κ2) is 5.23. The summed E-state index contributed by atoms with van der Waals surface area (Å²) in [5, 5.41) is 1.46. The Morgan fingerprint density at radius 2 is 1.80 bits per heavy atom. The fourth-order valence-corrected chi connectivity index (χ4v) is 2.86. The van der Waals surface area contributed by atoms with Crippen molar-refractivity contribution >= 4 is 27.9 Å². The van der Waals surface area contributed by atoms with Gasteiger partial charge in [-0.05, 0) is 12.1 Å². The van der Waals surface area contributed by atoms with Crippen molar-refractivity contribution in [2.45, 2.75) is 0 Å². The Bertz CT molecular complexity index is 756. The number of hydrogen-bond acceptors (Lipinski definition) is 3. The average molecular weight is 305 g/mol. The van der Waals surface area contributed by atoms with E-state index in [4.69, 9.17) is 17.3 Å². The number of nitrogen functional groups attached to an aromatic ring is 1. The highest BCUT2D eigenvalue weighted by molar-refractivity contribution is 7.19. The molecule has 3 aromatic rings. The molecule has 0 aliphatic heterocycles. The van der Waals surface area contributed by atoms with E-state index >= 15 is 0 Å². The van der Waals surface area contributed by atoms with Gasteiger partial charge in [0.2, 0.25) is 0 Å². The Kier molecular flexibility index (Phi) is 3.42. The number of thiazole rings is 1. The molecule has 0 bridgehead atoms.